The zero-order valence-electron chi connectivity index (χ0n) is 9.89. The van der Waals surface area contributed by atoms with Crippen LogP contribution in [0.25, 0.3) is 0 Å². The van der Waals surface area contributed by atoms with E-state index in [2.05, 4.69) is 16.2 Å². The first-order valence-electron chi connectivity index (χ1n) is 5.75. The Labute approximate surface area is 104 Å². The van der Waals surface area contributed by atoms with Crippen LogP contribution in [0.3, 0.4) is 0 Å². The Morgan fingerprint density at radius 1 is 1.39 bits per heavy atom. The molecule has 2 aromatic rings. The summed E-state index contributed by atoms with van der Waals surface area (Å²) in [5.41, 5.74) is -0.0212. The molecule has 5 heteroatoms. The van der Waals surface area contributed by atoms with Crippen molar-refractivity contribution < 1.29 is 4.39 Å². The number of aryl methyl sites for hydroxylation is 2. The van der Waals surface area contributed by atoms with Gasteiger partial charge in [-0.05, 0) is 31.0 Å². The zero-order chi connectivity index (χ0) is 12.8. The molecule has 0 aliphatic carbocycles. The first kappa shape index (κ1) is 10.9. The Kier molecular flexibility index (Phi) is 2.20. The van der Waals surface area contributed by atoms with Gasteiger partial charge in [0.2, 0.25) is 0 Å². The van der Waals surface area contributed by atoms with Crippen molar-refractivity contribution in [2.75, 3.05) is 0 Å². The highest BCUT2D eigenvalue weighted by atomic mass is 19.1. The fraction of sp³-hybridized carbons (Fsp3) is 0.308. The minimum absolute atomic E-state index is 0.303. The zero-order valence-corrected chi connectivity index (χ0v) is 9.89. The van der Waals surface area contributed by atoms with Gasteiger partial charge in [-0.1, -0.05) is 12.1 Å². The summed E-state index contributed by atoms with van der Waals surface area (Å²) < 4.78 is 14.8. The number of fused-ring (bicyclic) bond motifs is 1. The van der Waals surface area contributed by atoms with Crippen LogP contribution in [0.4, 0.5) is 4.39 Å². The van der Waals surface area contributed by atoms with Crippen LogP contribution in [0.5, 0.6) is 0 Å². The van der Waals surface area contributed by atoms with Crippen LogP contribution >= 0.6 is 0 Å². The smallest absolute Gasteiger partial charge is 0.152 e. The third kappa shape index (κ3) is 1.35. The lowest BCUT2D eigenvalue weighted by Crippen LogP contribution is -2.23. The van der Waals surface area contributed by atoms with E-state index < -0.39 is 5.41 Å². The van der Waals surface area contributed by atoms with Crippen LogP contribution in [0.2, 0.25) is 0 Å². The molecule has 18 heavy (non-hydrogen) atoms. The van der Waals surface area contributed by atoms with Gasteiger partial charge in [0.1, 0.15) is 17.1 Å². The predicted molar refractivity (Wildman–Crippen MR) is 62.2 cm³/mol. The van der Waals surface area contributed by atoms with Gasteiger partial charge in [-0.15, -0.1) is 0 Å². The molecule has 3 rings (SSSR count). The molecule has 0 saturated heterocycles. The molecule has 0 unspecified atom stereocenters. The first-order chi connectivity index (χ1) is 8.65. The molecule has 1 aliphatic rings. The normalized spacial score (nSPS) is 21.6. The average molecular weight is 242 g/mol. The summed E-state index contributed by atoms with van der Waals surface area (Å²) in [6, 6.07) is 8.39. The van der Waals surface area contributed by atoms with Crippen LogP contribution < -0.4 is 0 Å². The van der Waals surface area contributed by atoms with Crippen molar-refractivity contribution in [3.05, 3.63) is 47.3 Å². The lowest BCUT2D eigenvalue weighted by molar-refractivity contribution is 0.597. The van der Waals surface area contributed by atoms with E-state index >= 15 is 0 Å². The highest BCUT2D eigenvalue weighted by Crippen LogP contribution is 2.39. The summed E-state index contributed by atoms with van der Waals surface area (Å²) in [4.78, 5) is 4.35. The third-order valence-corrected chi connectivity index (χ3v) is 3.39. The molecular formula is C13H11FN4. The Balaban J connectivity index is 2.18. The van der Waals surface area contributed by atoms with Crippen LogP contribution in [0.15, 0.2) is 24.3 Å². The maximum absolute atomic E-state index is 13.0. The molecule has 0 saturated carbocycles. The lowest BCUT2D eigenvalue weighted by atomic mass is 9.80. The van der Waals surface area contributed by atoms with Crippen LogP contribution in [0.1, 0.15) is 23.6 Å². The molecule has 0 bridgehead atoms. The van der Waals surface area contributed by atoms with Gasteiger partial charge < -0.3 is 0 Å². The third-order valence-electron chi connectivity index (χ3n) is 3.39. The summed E-state index contributed by atoms with van der Waals surface area (Å²) in [6.45, 7) is 2.47. The van der Waals surface area contributed by atoms with Gasteiger partial charge >= 0.3 is 0 Å². The Bertz CT molecular complexity index is 638. The fourth-order valence-corrected chi connectivity index (χ4v) is 2.49. The van der Waals surface area contributed by atoms with Crippen molar-refractivity contribution in [1.82, 2.24) is 14.8 Å². The molecule has 0 N–H and O–H groups in total. The SMILES string of the molecule is Cc1nc2n(n1)CC[C@]2(C#N)c1ccc(F)cc1. The number of benzene rings is 1. The average Bonchev–Trinajstić information content (AvgIpc) is 2.88. The number of rotatable bonds is 1. The Morgan fingerprint density at radius 3 is 2.78 bits per heavy atom. The van der Waals surface area contributed by atoms with Crippen LogP contribution in [-0.4, -0.2) is 14.8 Å². The van der Waals surface area contributed by atoms with Crippen molar-refractivity contribution in [3.63, 3.8) is 0 Å². The van der Waals surface area contributed by atoms with E-state index in [4.69, 9.17) is 0 Å². The molecule has 0 radical (unpaired) electrons. The highest BCUT2D eigenvalue weighted by molar-refractivity contribution is 5.42. The summed E-state index contributed by atoms with van der Waals surface area (Å²) in [5, 5.41) is 13.8. The number of hydrogen-bond donors (Lipinski definition) is 0. The number of halogens is 1. The molecule has 0 fully saturated rings. The van der Waals surface area contributed by atoms with Gasteiger partial charge in [-0.2, -0.15) is 10.4 Å². The molecule has 4 nitrogen and oxygen atoms in total. The van der Waals surface area contributed by atoms with E-state index in [1.165, 1.54) is 12.1 Å². The van der Waals surface area contributed by atoms with Crippen LogP contribution in [-0.2, 0) is 12.0 Å². The van der Waals surface area contributed by atoms with Gasteiger partial charge in [0.25, 0.3) is 0 Å². The molecular weight excluding hydrogens is 231 g/mol. The lowest BCUT2D eigenvalue weighted by Gasteiger charge is -2.19. The molecule has 1 aromatic carbocycles. The molecule has 90 valence electrons. The van der Waals surface area contributed by atoms with E-state index in [1.807, 2.05) is 0 Å². The van der Waals surface area contributed by atoms with Crippen molar-refractivity contribution in [3.8, 4) is 6.07 Å². The molecule has 1 aromatic heterocycles. The highest BCUT2D eigenvalue weighted by Gasteiger charge is 2.44. The summed E-state index contributed by atoms with van der Waals surface area (Å²) >= 11 is 0. The number of nitrogens with zero attached hydrogens (tertiary/aromatic N) is 4. The van der Waals surface area contributed by atoms with E-state index in [1.54, 1.807) is 23.7 Å². The Hall–Kier alpha value is -2.22. The van der Waals surface area contributed by atoms with Crippen LogP contribution in [0, 0.1) is 24.1 Å². The molecule has 1 aliphatic heterocycles. The van der Waals surface area contributed by atoms with E-state index in [0.29, 0.717) is 24.6 Å². The fourth-order valence-electron chi connectivity index (χ4n) is 2.49. The molecule has 0 spiro atoms. The quantitative estimate of drug-likeness (QED) is 0.767. The second-order valence-corrected chi connectivity index (χ2v) is 4.48. The molecule has 1 atom stereocenters. The monoisotopic (exact) mass is 242 g/mol. The maximum Gasteiger partial charge on any atom is 0.152 e. The summed E-state index contributed by atoms with van der Waals surface area (Å²) in [6.07, 6.45) is 0.630. The number of aromatic nitrogens is 3. The first-order valence-corrected chi connectivity index (χ1v) is 5.75. The summed E-state index contributed by atoms with van der Waals surface area (Å²) in [7, 11) is 0. The standard InChI is InChI=1S/C13H11FN4/c1-9-16-12-13(8-15,6-7-18(12)17-9)10-2-4-11(14)5-3-10/h2-5H,6-7H2,1H3/t13-/m0/s1. The molecule has 0 amide bonds. The second kappa shape index (κ2) is 3.64. The molecule has 2 heterocycles. The topological polar surface area (TPSA) is 54.5 Å². The van der Waals surface area contributed by atoms with E-state index in [9.17, 15) is 9.65 Å². The van der Waals surface area contributed by atoms with Crippen molar-refractivity contribution >= 4 is 0 Å². The predicted octanol–water partition coefficient (Wildman–Crippen LogP) is 1.94. The van der Waals surface area contributed by atoms with Gasteiger partial charge in [-0.3, -0.25) is 0 Å². The van der Waals surface area contributed by atoms with Crippen molar-refractivity contribution in [1.29, 1.82) is 5.26 Å². The second-order valence-electron chi connectivity index (χ2n) is 4.48. The van der Waals surface area contributed by atoms with Crippen molar-refractivity contribution in [2.45, 2.75) is 25.3 Å². The number of nitriles is 1. The maximum atomic E-state index is 13.0. The summed E-state index contributed by atoms with van der Waals surface area (Å²) in [5.74, 6) is 1.02. The van der Waals surface area contributed by atoms with Gasteiger partial charge in [0.15, 0.2) is 5.82 Å². The van der Waals surface area contributed by atoms with Crippen molar-refractivity contribution in [2.24, 2.45) is 0 Å². The largest absolute Gasteiger partial charge is 0.248 e. The number of hydrogen-bond acceptors (Lipinski definition) is 3. The Morgan fingerprint density at radius 2 is 2.11 bits per heavy atom. The minimum atomic E-state index is -0.797. The van der Waals surface area contributed by atoms with Gasteiger partial charge in [-0.25, -0.2) is 14.1 Å². The van der Waals surface area contributed by atoms with Gasteiger partial charge in [0, 0.05) is 6.54 Å². The van der Waals surface area contributed by atoms with E-state index in [-0.39, 0.29) is 5.82 Å². The van der Waals surface area contributed by atoms with E-state index in [0.717, 1.165) is 5.56 Å². The van der Waals surface area contributed by atoms with Gasteiger partial charge in [0.05, 0.1) is 6.07 Å². The minimum Gasteiger partial charge on any atom is -0.248 e.